The molecule has 0 spiro atoms. The van der Waals surface area contributed by atoms with Crippen molar-refractivity contribution in [1.82, 2.24) is 10.2 Å². The van der Waals surface area contributed by atoms with Gasteiger partial charge in [0.15, 0.2) is 0 Å². The number of nitrogens with zero attached hydrogens (tertiary/aromatic N) is 1. The highest BCUT2D eigenvalue weighted by Gasteiger charge is 2.17. The van der Waals surface area contributed by atoms with Crippen LogP contribution in [0.25, 0.3) is 0 Å². The number of imide groups is 1. The lowest BCUT2D eigenvalue weighted by Crippen LogP contribution is -2.46. The predicted molar refractivity (Wildman–Crippen MR) is 71.7 cm³/mol. The molecule has 0 aliphatic carbocycles. The summed E-state index contributed by atoms with van der Waals surface area (Å²) in [5.74, 6) is -1.96. The minimum absolute atomic E-state index is 0.0203. The molecule has 0 aliphatic heterocycles. The van der Waals surface area contributed by atoms with Crippen LogP contribution in [0.4, 0.5) is 4.79 Å². The van der Waals surface area contributed by atoms with Gasteiger partial charge in [-0.15, -0.1) is 0 Å². The molecule has 0 fully saturated rings. The number of rotatable bonds is 7. The molecule has 19 heavy (non-hydrogen) atoms. The van der Waals surface area contributed by atoms with Gasteiger partial charge in [0.2, 0.25) is 0 Å². The molecule has 0 aromatic heterocycles. The Morgan fingerprint density at radius 3 is 2.32 bits per heavy atom. The third-order valence-corrected chi connectivity index (χ3v) is 2.49. The summed E-state index contributed by atoms with van der Waals surface area (Å²) in [4.78, 5) is 35.0. The van der Waals surface area contributed by atoms with Crippen molar-refractivity contribution >= 4 is 17.9 Å². The lowest BCUT2D eigenvalue weighted by atomic mass is 10.2. The Hall–Kier alpha value is -1.85. The number of aliphatic carboxylic acids is 1. The third-order valence-electron chi connectivity index (χ3n) is 2.49. The van der Waals surface area contributed by atoms with Crippen LogP contribution in [0.3, 0.4) is 0 Å². The second kappa shape index (κ2) is 9.13. The van der Waals surface area contributed by atoms with E-state index in [4.69, 9.17) is 5.11 Å². The molecule has 0 bridgehead atoms. The lowest BCUT2D eigenvalue weighted by molar-refractivity contribution is -0.131. The van der Waals surface area contributed by atoms with Gasteiger partial charge in [-0.25, -0.2) is 9.59 Å². The van der Waals surface area contributed by atoms with E-state index in [0.29, 0.717) is 12.6 Å². The van der Waals surface area contributed by atoms with Gasteiger partial charge in [0.25, 0.3) is 5.91 Å². The van der Waals surface area contributed by atoms with Crippen molar-refractivity contribution in [2.75, 3.05) is 6.54 Å². The summed E-state index contributed by atoms with van der Waals surface area (Å²) in [6.07, 6.45) is 4.46. The molecule has 3 amide bonds. The minimum Gasteiger partial charge on any atom is -0.478 e. The van der Waals surface area contributed by atoms with E-state index in [-0.39, 0.29) is 6.04 Å². The Morgan fingerprint density at radius 1 is 1.21 bits per heavy atom. The maximum absolute atomic E-state index is 11.8. The molecule has 108 valence electrons. The van der Waals surface area contributed by atoms with Gasteiger partial charge >= 0.3 is 12.0 Å². The van der Waals surface area contributed by atoms with E-state index in [9.17, 15) is 14.4 Å². The molecule has 6 heteroatoms. The topological polar surface area (TPSA) is 86.7 Å². The molecule has 0 radical (unpaired) electrons. The Labute approximate surface area is 113 Å². The summed E-state index contributed by atoms with van der Waals surface area (Å²) < 4.78 is 0. The fraction of sp³-hybridized carbons (Fsp3) is 0.615. The molecule has 6 nitrogen and oxygen atoms in total. The number of hydrogen-bond donors (Lipinski definition) is 2. The number of carbonyl (C=O) groups is 3. The van der Waals surface area contributed by atoms with Crippen molar-refractivity contribution < 1.29 is 19.5 Å². The lowest BCUT2D eigenvalue weighted by Gasteiger charge is -2.26. The maximum atomic E-state index is 11.8. The summed E-state index contributed by atoms with van der Waals surface area (Å²) in [5.41, 5.74) is 0. The summed E-state index contributed by atoms with van der Waals surface area (Å²) in [7, 11) is 0. The highest BCUT2D eigenvalue weighted by atomic mass is 16.4. The van der Waals surface area contributed by atoms with Crippen molar-refractivity contribution in [2.24, 2.45) is 0 Å². The normalized spacial score (nSPS) is 10.7. The van der Waals surface area contributed by atoms with Crippen LogP contribution >= 0.6 is 0 Å². The number of unbranched alkanes of at least 4 members (excludes halogenated alkanes) is 2. The summed E-state index contributed by atoms with van der Waals surface area (Å²) in [5, 5.41) is 10.5. The molecule has 0 heterocycles. The van der Waals surface area contributed by atoms with Gasteiger partial charge < -0.3 is 10.0 Å². The van der Waals surface area contributed by atoms with Crippen LogP contribution in [0.2, 0.25) is 0 Å². The van der Waals surface area contributed by atoms with Crippen LogP contribution in [0.1, 0.15) is 40.0 Å². The number of carboxylic acid groups (broad SMARTS) is 1. The monoisotopic (exact) mass is 270 g/mol. The van der Waals surface area contributed by atoms with Crippen LogP contribution in [0.15, 0.2) is 12.2 Å². The van der Waals surface area contributed by atoms with Crippen molar-refractivity contribution in [2.45, 2.75) is 46.1 Å². The molecule has 0 unspecified atom stereocenters. The standard InChI is InChI=1S/C13H22N2O4/c1-4-5-6-9-15(10(2)3)13(19)14-11(16)7-8-12(17)18/h7-8,10H,4-6,9H2,1-3H3,(H,17,18)(H,14,16,19)/b8-7+. The van der Waals surface area contributed by atoms with Crippen LogP contribution in [-0.2, 0) is 9.59 Å². The van der Waals surface area contributed by atoms with Crippen LogP contribution in [0, 0.1) is 0 Å². The highest BCUT2D eigenvalue weighted by Crippen LogP contribution is 2.03. The predicted octanol–water partition coefficient (Wildman–Crippen LogP) is 1.76. The second-order valence-electron chi connectivity index (χ2n) is 4.46. The zero-order valence-electron chi connectivity index (χ0n) is 11.7. The minimum atomic E-state index is -1.23. The molecular formula is C13H22N2O4. The number of amides is 3. The van der Waals surface area contributed by atoms with Gasteiger partial charge in [-0.1, -0.05) is 19.8 Å². The number of carboxylic acids is 1. The van der Waals surface area contributed by atoms with Crippen LogP contribution < -0.4 is 5.32 Å². The Balaban J connectivity index is 4.39. The van der Waals surface area contributed by atoms with E-state index in [0.717, 1.165) is 25.3 Å². The van der Waals surface area contributed by atoms with E-state index in [1.807, 2.05) is 13.8 Å². The van der Waals surface area contributed by atoms with Gasteiger partial charge in [0.1, 0.15) is 0 Å². The molecule has 0 aromatic carbocycles. The second-order valence-corrected chi connectivity index (χ2v) is 4.46. The highest BCUT2D eigenvalue weighted by molar-refractivity contribution is 6.02. The third kappa shape index (κ3) is 7.96. The number of hydrogen-bond acceptors (Lipinski definition) is 3. The Kier molecular flexibility index (Phi) is 8.24. The molecular weight excluding hydrogens is 248 g/mol. The van der Waals surface area contributed by atoms with Crippen molar-refractivity contribution in [3.63, 3.8) is 0 Å². The summed E-state index contributed by atoms with van der Waals surface area (Å²) in [6, 6.07) is -0.515. The molecule has 0 atom stereocenters. The van der Waals surface area contributed by atoms with Gasteiger partial charge in [-0.3, -0.25) is 10.1 Å². The van der Waals surface area contributed by atoms with Crippen molar-refractivity contribution in [3.05, 3.63) is 12.2 Å². The van der Waals surface area contributed by atoms with E-state index < -0.39 is 17.9 Å². The van der Waals surface area contributed by atoms with Gasteiger partial charge in [0.05, 0.1) is 0 Å². The number of carbonyl (C=O) groups excluding carboxylic acids is 2. The average Bonchev–Trinajstić information content (AvgIpc) is 2.31. The van der Waals surface area contributed by atoms with E-state index >= 15 is 0 Å². The summed E-state index contributed by atoms with van der Waals surface area (Å²) in [6.45, 7) is 6.37. The molecule has 0 saturated heterocycles. The zero-order valence-corrected chi connectivity index (χ0v) is 11.7. The zero-order chi connectivity index (χ0) is 14.8. The summed E-state index contributed by atoms with van der Waals surface area (Å²) >= 11 is 0. The Bertz CT molecular complexity index is 351. The molecule has 0 saturated carbocycles. The smallest absolute Gasteiger partial charge is 0.328 e. The quantitative estimate of drug-likeness (QED) is 0.545. The first-order valence-electron chi connectivity index (χ1n) is 6.41. The average molecular weight is 270 g/mol. The SMILES string of the molecule is CCCCCN(C(=O)NC(=O)/C=C/C(=O)O)C(C)C. The Morgan fingerprint density at radius 2 is 1.84 bits per heavy atom. The molecule has 0 aromatic rings. The first kappa shape index (κ1) is 17.2. The van der Waals surface area contributed by atoms with Crippen molar-refractivity contribution in [3.8, 4) is 0 Å². The molecule has 0 rings (SSSR count). The van der Waals surface area contributed by atoms with Gasteiger partial charge in [0, 0.05) is 24.7 Å². The van der Waals surface area contributed by atoms with E-state index in [2.05, 4.69) is 12.2 Å². The van der Waals surface area contributed by atoms with E-state index in [1.165, 1.54) is 0 Å². The largest absolute Gasteiger partial charge is 0.478 e. The van der Waals surface area contributed by atoms with Crippen LogP contribution in [-0.4, -0.2) is 40.5 Å². The van der Waals surface area contributed by atoms with Crippen molar-refractivity contribution in [1.29, 1.82) is 0 Å². The van der Waals surface area contributed by atoms with Gasteiger partial charge in [-0.05, 0) is 20.3 Å². The van der Waals surface area contributed by atoms with E-state index in [1.54, 1.807) is 4.90 Å². The first-order chi connectivity index (χ1) is 8.88. The maximum Gasteiger partial charge on any atom is 0.328 e. The van der Waals surface area contributed by atoms with Crippen LogP contribution in [0.5, 0.6) is 0 Å². The fourth-order valence-electron chi connectivity index (χ4n) is 1.49. The molecule has 2 N–H and O–H groups in total. The first-order valence-corrected chi connectivity index (χ1v) is 6.41. The number of urea groups is 1. The van der Waals surface area contributed by atoms with Gasteiger partial charge in [-0.2, -0.15) is 0 Å². The number of nitrogens with one attached hydrogen (secondary N) is 1. The molecule has 0 aliphatic rings. The fourth-order valence-corrected chi connectivity index (χ4v) is 1.49.